The highest BCUT2D eigenvalue weighted by Crippen LogP contribution is 2.20. The van der Waals surface area contributed by atoms with Gasteiger partial charge in [-0.05, 0) is 12.8 Å². The molecule has 2 rings (SSSR count). The number of nitrogens with one attached hydrogen (secondary N) is 1. The molecule has 0 radical (unpaired) electrons. The van der Waals surface area contributed by atoms with Crippen LogP contribution >= 0.6 is 0 Å². The summed E-state index contributed by atoms with van der Waals surface area (Å²) in [5.41, 5.74) is 5.63. The van der Waals surface area contributed by atoms with Crippen molar-refractivity contribution < 1.29 is 0 Å². The van der Waals surface area contributed by atoms with Crippen molar-refractivity contribution in [2.45, 2.75) is 38.1 Å². The zero-order valence-electron chi connectivity index (χ0n) is 8.94. The van der Waals surface area contributed by atoms with Gasteiger partial charge in [0.15, 0.2) is 0 Å². The molecule has 0 aromatic carbocycles. The predicted octanol–water partition coefficient (Wildman–Crippen LogP) is 0.940. The molecule has 1 unspecified atom stereocenters. The number of rotatable bonds is 1. The summed E-state index contributed by atoms with van der Waals surface area (Å²) in [5, 5.41) is 2.91. The molecule has 0 bridgehead atoms. The van der Waals surface area contributed by atoms with Crippen LogP contribution in [-0.2, 0) is 10.9 Å². The van der Waals surface area contributed by atoms with E-state index >= 15 is 0 Å². The van der Waals surface area contributed by atoms with Crippen LogP contribution < -0.4 is 11.1 Å². The SMILES string of the molecule is CS1=NC(=NC2CCCCC2)NC(N)=N1. The third-order valence-electron chi connectivity index (χ3n) is 2.57. The normalized spacial score (nSPS) is 30.6. The van der Waals surface area contributed by atoms with Gasteiger partial charge in [-0.2, -0.15) is 8.76 Å². The average molecular weight is 227 g/mol. The highest BCUT2D eigenvalue weighted by atomic mass is 32.2. The third kappa shape index (κ3) is 3.02. The van der Waals surface area contributed by atoms with Crippen molar-refractivity contribution in [3.8, 4) is 0 Å². The number of hydrogen-bond donors (Lipinski definition) is 2. The Bertz CT molecular complexity index is 327. The van der Waals surface area contributed by atoms with E-state index in [9.17, 15) is 0 Å². The lowest BCUT2D eigenvalue weighted by Crippen LogP contribution is -2.39. The van der Waals surface area contributed by atoms with Gasteiger partial charge >= 0.3 is 0 Å². The zero-order valence-corrected chi connectivity index (χ0v) is 9.76. The van der Waals surface area contributed by atoms with Crippen molar-refractivity contribution in [3.05, 3.63) is 0 Å². The van der Waals surface area contributed by atoms with Gasteiger partial charge in [-0.25, -0.2) is 4.99 Å². The first kappa shape index (κ1) is 10.6. The van der Waals surface area contributed by atoms with E-state index in [4.69, 9.17) is 5.73 Å². The van der Waals surface area contributed by atoms with Crippen LogP contribution in [0.5, 0.6) is 0 Å². The number of hydrogen-bond acceptors (Lipinski definition) is 3. The second-order valence-corrected chi connectivity index (χ2v) is 5.14. The summed E-state index contributed by atoms with van der Waals surface area (Å²) >= 11 is 0. The van der Waals surface area contributed by atoms with Crippen molar-refractivity contribution in [1.29, 1.82) is 0 Å². The minimum Gasteiger partial charge on any atom is -0.369 e. The van der Waals surface area contributed by atoms with E-state index < -0.39 is 0 Å². The van der Waals surface area contributed by atoms with Crippen molar-refractivity contribution in [2.75, 3.05) is 6.26 Å². The molecule has 0 aromatic rings. The van der Waals surface area contributed by atoms with Crippen LogP contribution in [0.1, 0.15) is 32.1 Å². The largest absolute Gasteiger partial charge is 0.369 e. The highest BCUT2D eigenvalue weighted by Gasteiger charge is 2.14. The smallest absolute Gasteiger partial charge is 0.232 e. The summed E-state index contributed by atoms with van der Waals surface area (Å²) in [4.78, 5) is 4.58. The van der Waals surface area contributed by atoms with Gasteiger partial charge in [0.2, 0.25) is 11.9 Å². The molecule has 0 saturated heterocycles. The second kappa shape index (κ2) is 4.74. The predicted molar refractivity (Wildman–Crippen MR) is 64.8 cm³/mol. The van der Waals surface area contributed by atoms with Crippen LogP contribution in [0.2, 0.25) is 0 Å². The number of nitrogens with zero attached hydrogens (tertiary/aromatic N) is 3. The Morgan fingerprint density at radius 3 is 2.80 bits per heavy atom. The zero-order chi connectivity index (χ0) is 10.7. The maximum absolute atomic E-state index is 5.63. The monoisotopic (exact) mass is 227 g/mol. The molecular formula is C9H17N5S. The second-order valence-electron chi connectivity index (χ2n) is 3.88. The van der Waals surface area contributed by atoms with Gasteiger partial charge in [-0.3, -0.25) is 5.32 Å². The molecule has 0 amide bonds. The molecule has 84 valence electrons. The molecular weight excluding hydrogens is 210 g/mol. The molecule has 0 spiro atoms. The molecule has 1 saturated carbocycles. The summed E-state index contributed by atoms with van der Waals surface area (Å²) in [6.45, 7) is 0. The molecule has 6 heteroatoms. The quantitative estimate of drug-likeness (QED) is 0.699. The standard InChI is InChI=1S/C9H17N5S/c1-15-13-8(10)12-9(14-15)11-7-5-3-2-4-6-7/h7H,2-6H2,1H3,(H3,10,11,12,13,14). The molecule has 0 aromatic heterocycles. The Balaban J connectivity index is 2.04. The fourth-order valence-electron chi connectivity index (χ4n) is 1.89. The number of aliphatic imine (C=N–C) groups is 1. The van der Waals surface area contributed by atoms with Crippen molar-refractivity contribution in [1.82, 2.24) is 5.32 Å². The Morgan fingerprint density at radius 1 is 1.40 bits per heavy atom. The molecule has 1 atom stereocenters. The highest BCUT2D eigenvalue weighted by molar-refractivity contribution is 7.85. The van der Waals surface area contributed by atoms with Gasteiger partial charge in [-0.1, -0.05) is 19.3 Å². The lowest BCUT2D eigenvalue weighted by molar-refractivity contribution is 0.442. The van der Waals surface area contributed by atoms with Crippen LogP contribution in [0.3, 0.4) is 0 Å². The van der Waals surface area contributed by atoms with E-state index in [2.05, 4.69) is 19.1 Å². The van der Waals surface area contributed by atoms with Gasteiger partial charge in [0, 0.05) is 17.1 Å². The average Bonchev–Trinajstić information content (AvgIpc) is 2.17. The number of guanidine groups is 2. The summed E-state index contributed by atoms with van der Waals surface area (Å²) in [5.74, 6) is 1.10. The van der Waals surface area contributed by atoms with Gasteiger partial charge < -0.3 is 5.73 Å². The lowest BCUT2D eigenvalue weighted by Gasteiger charge is -2.19. The van der Waals surface area contributed by atoms with Crippen LogP contribution in [0.4, 0.5) is 0 Å². The molecule has 1 heterocycles. The minimum atomic E-state index is -0.360. The maximum Gasteiger partial charge on any atom is 0.232 e. The molecule has 1 fully saturated rings. The summed E-state index contributed by atoms with van der Waals surface area (Å²) in [6, 6.07) is 0.424. The molecule has 1 aliphatic heterocycles. The first-order valence-electron chi connectivity index (χ1n) is 5.31. The van der Waals surface area contributed by atoms with E-state index in [1.54, 1.807) is 0 Å². The third-order valence-corrected chi connectivity index (χ3v) is 3.47. The van der Waals surface area contributed by atoms with E-state index in [0.29, 0.717) is 18.0 Å². The van der Waals surface area contributed by atoms with Gasteiger partial charge in [0.05, 0.1) is 6.04 Å². The molecule has 15 heavy (non-hydrogen) atoms. The van der Waals surface area contributed by atoms with Gasteiger partial charge in [0.25, 0.3) is 0 Å². The lowest BCUT2D eigenvalue weighted by atomic mass is 9.96. The fourth-order valence-corrected chi connectivity index (χ4v) is 2.60. The van der Waals surface area contributed by atoms with Crippen molar-refractivity contribution in [2.24, 2.45) is 19.5 Å². The summed E-state index contributed by atoms with van der Waals surface area (Å²) < 4.78 is 8.42. The molecule has 3 N–H and O–H groups in total. The Labute approximate surface area is 92.5 Å². The molecule has 5 nitrogen and oxygen atoms in total. The Kier molecular flexibility index (Phi) is 3.35. The first-order chi connectivity index (χ1) is 7.24. The maximum atomic E-state index is 5.63. The van der Waals surface area contributed by atoms with E-state index in [0.717, 1.165) is 0 Å². The Hall–Kier alpha value is -0.910. The first-order valence-corrected chi connectivity index (χ1v) is 6.85. The number of nitrogens with two attached hydrogens (primary N) is 1. The topological polar surface area (TPSA) is 75.1 Å². The van der Waals surface area contributed by atoms with Crippen LogP contribution in [0.25, 0.3) is 0 Å². The van der Waals surface area contributed by atoms with Crippen LogP contribution in [0.15, 0.2) is 13.8 Å². The minimum absolute atomic E-state index is 0.360. The van der Waals surface area contributed by atoms with Gasteiger partial charge in [0.1, 0.15) is 0 Å². The summed E-state index contributed by atoms with van der Waals surface area (Å²) in [7, 11) is -0.360. The van der Waals surface area contributed by atoms with Crippen molar-refractivity contribution >= 4 is 22.8 Å². The van der Waals surface area contributed by atoms with E-state index in [1.165, 1.54) is 32.1 Å². The van der Waals surface area contributed by atoms with Gasteiger partial charge in [-0.15, -0.1) is 0 Å². The molecule has 2 aliphatic rings. The molecule has 1 aliphatic carbocycles. The van der Waals surface area contributed by atoms with E-state index in [-0.39, 0.29) is 10.9 Å². The van der Waals surface area contributed by atoms with E-state index in [1.807, 2.05) is 6.26 Å². The fraction of sp³-hybridized carbons (Fsp3) is 0.778. The van der Waals surface area contributed by atoms with Crippen molar-refractivity contribution in [3.63, 3.8) is 0 Å². The van der Waals surface area contributed by atoms with Crippen LogP contribution in [0, 0.1) is 0 Å². The summed E-state index contributed by atoms with van der Waals surface area (Å²) in [6.07, 6.45) is 8.19. The van der Waals surface area contributed by atoms with Crippen LogP contribution in [-0.4, -0.2) is 24.2 Å². The Morgan fingerprint density at radius 2 is 2.13 bits per heavy atom.